The average Bonchev–Trinajstić information content (AvgIpc) is 2.29. The van der Waals surface area contributed by atoms with Gasteiger partial charge in [0, 0.05) is 5.56 Å². The van der Waals surface area contributed by atoms with E-state index in [0.29, 0.717) is 0 Å². The van der Waals surface area contributed by atoms with Crippen molar-refractivity contribution in [3.63, 3.8) is 0 Å². The van der Waals surface area contributed by atoms with Gasteiger partial charge in [0.05, 0.1) is 16.9 Å². The number of benzene rings is 1. The highest BCUT2D eigenvalue weighted by Gasteiger charge is 2.15. The van der Waals surface area contributed by atoms with Crippen molar-refractivity contribution in [2.75, 3.05) is 0 Å². The van der Waals surface area contributed by atoms with Crippen LogP contribution in [0.15, 0.2) is 48.5 Å². The molecule has 0 aliphatic rings. The SMILES string of the molecule is CC(C)(N)c1cccc(-c2ccccc2)n1. The van der Waals surface area contributed by atoms with Crippen molar-refractivity contribution in [1.29, 1.82) is 0 Å². The summed E-state index contributed by atoms with van der Waals surface area (Å²) in [4.78, 5) is 4.59. The van der Waals surface area contributed by atoms with E-state index in [0.717, 1.165) is 17.0 Å². The Bertz CT molecular complexity index is 470. The van der Waals surface area contributed by atoms with Crippen LogP contribution in [0, 0.1) is 0 Å². The van der Waals surface area contributed by atoms with Gasteiger partial charge in [-0.25, -0.2) is 0 Å². The Kier molecular flexibility index (Phi) is 2.75. The van der Waals surface area contributed by atoms with E-state index in [9.17, 15) is 0 Å². The zero-order valence-corrected chi connectivity index (χ0v) is 9.64. The quantitative estimate of drug-likeness (QED) is 0.831. The standard InChI is InChI=1S/C14H16N2/c1-14(2,15)13-10-6-9-12(16-13)11-7-4-3-5-8-11/h3-10H,15H2,1-2H3. The third-order valence-electron chi connectivity index (χ3n) is 2.48. The Morgan fingerprint density at radius 3 is 2.25 bits per heavy atom. The van der Waals surface area contributed by atoms with Gasteiger partial charge in [0.1, 0.15) is 0 Å². The molecule has 0 amide bonds. The van der Waals surface area contributed by atoms with Gasteiger partial charge in [0.15, 0.2) is 0 Å². The fourth-order valence-corrected chi connectivity index (χ4v) is 1.56. The normalized spacial score (nSPS) is 11.4. The van der Waals surface area contributed by atoms with Crippen LogP contribution < -0.4 is 5.73 Å². The Hall–Kier alpha value is -1.67. The molecule has 82 valence electrons. The molecule has 0 saturated heterocycles. The Labute approximate surface area is 96.1 Å². The summed E-state index contributed by atoms with van der Waals surface area (Å²) >= 11 is 0. The molecular formula is C14H16N2. The first-order chi connectivity index (χ1) is 7.57. The first kappa shape index (κ1) is 10.8. The second-order valence-corrected chi connectivity index (χ2v) is 4.50. The number of nitrogens with zero attached hydrogens (tertiary/aromatic N) is 1. The summed E-state index contributed by atoms with van der Waals surface area (Å²) in [6.45, 7) is 3.92. The van der Waals surface area contributed by atoms with Crippen molar-refractivity contribution in [2.24, 2.45) is 5.73 Å². The molecule has 0 unspecified atom stereocenters. The lowest BCUT2D eigenvalue weighted by Gasteiger charge is -2.18. The fourth-order valence-electron chi connectivity index (χ4n) is 1.56. The molecule has 2 rings (SSSR count). The molecule has 0 atom stereocenters. The molecule has 0 saturated carbocycles. The van der Waals surface area contributed by atoms with Gasteiger partial charge in [0.25, 0.3) is 0 Å². The summed E-state index contributed by atoms with van der Waals surface area (Å²) in [5.41, 5.74) is 8.64. The number of rotatable bonds is 2. The molecule has 1 aromatic carbocycles. The number of aromatic nitrogens is 1. The summed E-state index contributed by atoms with van der Waals surface area (Å²) in [6.07, 6.45) is 0. The van der Waals surface area contributed by atoms with Crippen molar-refractivity contribution in [1.82, 2.24) is 4.98 Å². The van der Waals surface area contributed by atoms with E-state index in [-0.39, 0.29) is 0 Å². The molecule has 0 radical (unpaired) electrons. The van der Waals surface area contributed by atoms with Gasteiger partial charge in [-0.2, -0.15) is 0 Å². The van der Waals surface area contributed by atoms with Crippen LogP contribution in [-0.4, -0.2) is 4.98 Å². The summed E-state index contributed by atoms with van der Waals surface area (Å²) < 4.78 is 0. The smallest absolute Gasteiger partial charge is 0.0706 e. The van der Waals surface area contributed by atoms with E-state index in [1.54, 1.807) is 0 Å². The second kappa shape index (κ2) is 4.06. The molecule has 2 N–H and O–H groups in total. The second-order valence-electron chi connectivity index (χ2n) is 4.50. The highest BCUT2D eigenvalue weighted by molar-refractivity contribution is 5.58. The lowest BCUT2D eigenvalue weighted by atomic mass is 10.0. The average molecular weight is 212 g/mol. The molecule has 2 nitrogen and oxygen atoms in total. The van der Waals surface area contributed by atoms with Gasteiger partial charge >= 0.3 is 0 Å². The van der Waals surface area contributed by atoms with Crippen LogP contribution >= 0.6 is 0 Å². The van der Waals surface area contributed by atoms with E-state index >= 15 is 0 Å². The summed E-state index contributed by atoms with van der Waals surface area (Å²) in [6, 6.07) is 16.1. The maximum Gasteiger partial charge on any atom is 0.0706 e. The molecule has 0 spiro atoms. The highest BCUT2D eigenvalue weighted by Crippen LogP contribution is 2.20. The predicted octanol–water partition coefficient (Wildman–Crippen LogP) is 2.94. The summed E-state index contributed by atoms with van der Waals surface area (Å²) in [5, 5.41) is 0. The molecule has 0 aliphatic carbocycles. The Morgan fingerprint density at radius 1 is 0.938 bits per heavy atom. The molecule has 1 aromatic heterocycles. The van der Waals surface area contributed by atoms with Crippen LogP contribution in [0.3, 0.4) is 0 Å². The lowest BCUT2D eigenvalue weighted by Crippen LogP contribution is -2.29. The van der Waals surface area contributed by atoms with Crippen LogP contribution in [0.4, 0.5) is 0 Å². The molecule has 0 aliphatic heterocycles. The van der Waals surface area contributed by atoms with Crippen LogP contribution in [0.1, 0.15) is 19.5 Å². The maximum atomic E-state index is 6.04. The third-order valence-corrected chi connectivity index (χ3v) is 2.48. The molecular weight excluding hydrogens is 196 g/mol. The number of hydrogen-bond acceptors (Lipinski definition) is 2. The van der Waals surface area contributed by atoms with Crippen LogP contribution in [0.2, 0.25) is 0 Å². The van der Waals surface area contributed by atoms with Crippen LogP contribution in [-0.2, 0) is 5.54 Å². The van der Waals surface area contributed by atoms with Gasteiger partial charge in [0.2, 0.25) is 0 Å². The first-order valence-electron chi connectivity index (χ1n) is 5.39. The van der Waals surface area contributed by atoms with Crippen LogP contribution in [0.5, 0.6) is 0 Å². The molecule has 0 fully saturated rings. The van der Waals surface area contributed by atoms with Crippen molar-refractivity contribution < 1.29 is 0 Å². The molecule has 16 heavy (non-hydrogen) atoms. The van der Waals surface area contributed by atoms with Gasteiger partial charge in [-0.3, -0.25) is 4.98 Å². The Balaban J connectivity index is 2.45. The van der Waals surface area contributed by atoms with Gasteiger partial charge in [-0.05, 0) is 26.0 Å². The largest absolute Gasteiger partial charge is 0.321 e. The lowest BCUT2D eigenvalue weighted by molar-refractivity contribution is 0.536. The molecule has 1 heterocycles. The highest BCUT2D eigenvalue weighted by atomic mass is 14.8. The predicted molar refractivity (Wildman–Crippen MR) is 66.9 cm³/mol. The summed E-state index contributed by atoms with van der Waals surface area (Å²) in [7, 11) is 0. The van der Waals surface area contributed by atoms with Crippen molar-refractivity contribution in [2.45, 2.75) is 19.4 Å². The van der Waals surface area contributed by atoms with Crippen molar-refractivity contribution in [3.05, 3.63) is 54.2 Å². The van der Waals surface area contributed by atoms with E-state index in [1.165, 1.54) is 0 Å². The van der Waals surface area contributed by atoms with E-state index in [2.05, 4.69) is 17.1 Å². The van der Waals surface area contributed by atoms with Crippen molar-refractivity contribution in [3.8, 4) is 11.3 Å². The topological polar surface area (TPSA) is 38.9 Å². The zero-order chi connectivity index (χ0) is 11.6. The zero-order valence-electron chi connectivity index (χ0n) is 9.64. The third kappa shape index (κ3) is 2.28. The number of hydrogen-bond donors (Lipinski definition) is 1. The molecule has 2 aromatic rings. The maximum absolute atomic E-state index is 6.04. The van der Waals surface area contributed by atoms with Gasteiger partial charge in [-0.1, -0.05) is 36.4 Å². The van der Waals surface area contributed by atoms with E-state index < -0.39 is 5.54 Å². The minimum absolute atomic E-state index is 0.398. The number of nitrogens with two attached hydrogens (primary N) is 1. The van der Waals surface area contributed by atoms with Gasteiger partial charge < -0.3 is 5.73 Å². The minimum atomic E-state index is -0.398. The molecule has 0 bridgehead atoms. The fraction of sp³-hybridized carbons (Fsp3) is 0.214. The summed E-state index contributed by atoms with van der Waals surface area (Å²) in [5.74, 6) is 0. The first-order valence-corrected chi connectivity index (χ1v) is 5.39. The van der Waals surface area contributed by atoms with Gasteiger partial charge in [-0.15, -0.1) is 0 Å². The minimum Gasteiger partial charge on any atom is -0.321 e. The van der Waals surface area contributed by atoms with Crippen molar-refractivity contribution >= 4 is 0 Å². The van der Waals surface area contributed by atoms with Crippen LogP contribution in [0.25, 0.3) is 11.3 Å². The van der Waals surface area contributed by atoms with E-state index in [4.69, 9.17) is 5.73 Å². The molecule has 2 heteroatoms. The number of pyridine rings is 1. The Morgan fingerprint density at radius 2 is 1.62 bits per heavy atom. The monoisotopic (exact) mass is 212 g/mol. The van der Waals surface area contributed by atoms with E-state index in [1.807, 2.05) is 50.2 Å².